The molecule has 0 aliphatic carbocycles. The molecule has 16 heavy (non-hydrogen) atoms. The van der Waals surface area contributed by atoms with Crippen LogP contribution < -0.4 is 5.32 Å². The van der Waals surface area contributed by atoms with Crippen LogP contribution in [0.25, 0.3) is 0 Å². The highest BCUT2D eigenvalue weighted by atomic mass is 16.5. The van der Waals surface area contributed by atoms with E-state index in [1.807, 2.05) is 0 Å². The van der Waals surface area contributed by atoms with Gasteiger partial charge in [0.25, 0.3) is 0 Å². The highest BCUT2D eigenvalue weighted by Crippen LogP contribution is 2.21. The number of benzene rings is 1. The van der Waals surface area contributed by atoms with Gasteiger partial charge in [0.15, 0.2) is 0 Å². The summed E-state index contributed by atoms with van der Waals surface area (Å²) in [5, 5.41) is 11.8. The van der Waals surface area contributed by atoms with Gasteiger partial charge in [-0.2, -0.15) is 0 Å². The molecule has 0 saturated carbocycles. The number of carbonyl (C=O) groups is 2. The van der Waals surface area contributed by atoms with Gasteiger partial charge in [-0.15, -0.1) is 0 Å². The number of ether oxygens (including phenoxy) is 1. The molecule has 0 aliphatic heterocycles. The van der Waals surface area contributed by atoms with E-state index in [0.29, 0.717) is 0 Å². The molecule has 0 unspecified atom stereocenters. The summed E-state index contributed by atoms with van der Waals surface area (Å²) in [4.78, 5) is 22.3. The van der Waals surface area contributed by atoms with Crippen LogP contribution in [0.2, 0.25) is 0 Å². The van der Waals surface area contributed by atoms with Crippen molar-refractivity contribution < 1.29 is 19.4 Å². The smallest absolute Gasteiger partial charge is 0.315 e. The molecule has 1 amide bonds. The van der Waals surface area contributed by atoms with Gasteiger partial charge in [0.2, 0.25) is 5.91 Å². The van der Waals surface area contributed by atoms with Gasteiger partial charge >= 0.3 is 5.97 Å². The van der Waals surface area contributed by atoms with Crippen LogP contribution in [0.5, 0.6) is 5.75 Å². The first kappa shape index (κ1) is 12.0. The van der Waals surface area contributed by atoms with E-state index >= 15 is 0 Å². The Labute approximate surface area is 93.0 Å². The zero-order valence-corrected chi connectivity index (χ0v) is 8.90. The van der Waals surface area contributed by atoms with Gasteiger partial charge in [0.1, 0.15) is 12.2 Å². The van der Waals surface area contributed by atoms with Crippen molar-refractivity contribution in [2.45, 2.75) is 13.3 Å². The topological polar surface area (TPSA) is 75.6 Å². The third-order valence-corrected chi connectivity index (χ3v) is 1.79. The molecular weight excluding hydrogens is 210 g/mol. The number of rotatable bonds is 4. The van der Waals surface area contributed by atoms with E-state index in [4.69, 9.17) is 0 Å². The molecule has 1 aromatic carbocycles. The number of hydrogen-bond donors (Lipinski definition) is 2. The minimum atomic E-state index is -0.588. The molecule has 0 heterocycles. The number of phenols is 1. The summed E-state index contributed by atoms with van der Waals surface area (Å²) in [6.45, 7) is 1.90. The van der Waals surface area contributed by atoms with E-state index in [2.05, 4.69) is 10.1 Å². The molecule has 0 bridgehead atoms. The third-order valence-electron chi connectivity index (χ3n) is 1.79. The van der Waals surface area contributed by atoms with Crippen molar-refractivity contribution >= 4 is 17.6 Å². The van der Waals surface area contributed by atoms with Gasteiger partial charge in [0, 0.05) is 0 Å². The average Bonchev–Trinajstić information content (AvgIpc) is 2.21. The molecule has 0 radical (unpaired) electrons. The lowest BCUT2D eigenvalue weighted by atomic mass is 10.3. The molecule has 1 aromatic rings. The number of phenolic OH excluding ortho intramolecular Hbond substituents is 1. The first-order valence-corrected chi connectivity index (χ1v) is 4.87. The third kappa shape index (κ3) is 3.61. The lowest BCUT2D eigenvalue weighted by Gasteiger charge is -2.06. The highest BCUT2D eigenvalue weighted by Gasteiger charge is 2.11. The maximum absolute atomic E-state index is 11.3. The van der Waals surface area contributed by atoms with Crippen molar-refractivity contribution in [2.75, 3.05) is 11.9 Å². The number of hydrogen-bond acceptors (Lipinski definition) is 4. The minimum absolute atomic E-state index is 0.0419. The van der Waals surface area contributed by atoms with Crippen LogP contribution >= 0.6 is 0 Å². The van der Waals surface area contributed by atoms with E-state index in [9.17, 15) is 14.7 Å². The Balaban J connectivity index is 2.52. The Morgan fingerprint density at radius 3 is 2.69 bits per heavy atom. The number of para-hydroxylation sites is 2. The first-order chi connectivity index (χ1) is 7.63. The van der Waals surface area contributed by atoms with Gasteiger partial charge in [-0.25, -0.2) is 0 Å². The van der Waals surface area contributed by atoms with Crippen molar-refractivity contribution in [2.24, 2.45) is 0 Å². The second-order valence-electron chi connectivity index (χ2n) is 3.05. The number of anilines is 1. The summed E-state index contributed by atoms with van der Waals surface area (Å²) < 4.78 is 4.62. The number of aromatic hydroxyl groups is 1. The predicted octanol–water partition coefficient (Wildman–Crippen LogP) is 1.28. The molecule has 5 nitrogen and oxygen atoms in total. The molecule has 1 rings (SSSR count). The number of carbonyl (C=O) groups excluding carboxylic acids is 2. The quantitative estimate of drug-likeness (QED) is 0.458. The maximum Gasteiger partial charge on any atom is 0.315 e. The summed E-state index contributed by atoms with van der Waals surface area (Å²) in [5.74, 6) is -1.14. The zero-order chi connectivity index (χ0) is 12.0. The predicted molar refractivity (Wildman–Crippen MR) is 58.0 cm³/mol. The van der Waals surface area contributed by atoms with Gasteiger partial charge in [-0.3, -0.25) is 9.59 Å². The summed E-state index contributed by atoms with van der Waals surface area (Å²) in [5.41, 5.74) is 0.275. The lowest BCUT2D eigenvalue weighted by molar-refractivity contribution is -0.145. The summed E-state index contributed by atoms with van der Waals surface area (Å²) in [6, 6.07) is 6.29. The standard InChI is InChI=1S/C11H13NO4/c1-2-16-11(15)7-10(14)12-8-5-3-4-6-9(8)13/h3-6,13H,2,7H2,1H3,(H,12,14). The highest BCUT2D eigenvalue weighted by molar-refractivity contribution is 6.02. The van der Waals surface area contributed by atoms with Crippen LogP contribution in [0.1, 0.15) is 13.3 Å². The molecule has 5 heteroatoms. The summed E-state index contributed by atoms with van der Waals surface area (Å²) in [6.07, 6.45) is -0.359. The monoisotopic (exact) mass is 223 g/mol. The Bertz CT molecular complexity index is 389. The van der Waals surface area contributed by atoms with Crippen LogP contribution in [0.3, 0.4) is 0 Å². The van der Waals surface area contributed by atoms with Crippen LogP contribution in [0.15, 0.2) is 24.3 Å². The van der Waals surface area contributed by atoms with Crippen LogP contribution in [0.4, 0.5) is 5.69 Å². The molecular formula is C11H13NO4. The fraction of sp³-hybridized carbons (Fsp3) is 0.273. The van der Waals surface area contributed by atoms with Crippen LogP contribution in [-0.2, 0) is 14.3 Å². The Morgan fingerprint density at radius 1 is 1.38 bits per heavy atom. The molecule has 0 aliphatic rings. The molecule has 0 saturated heterocycles. The van der Waals surface area contributed by atoms with E-state index in [1.54, 1.807) is 25.1 Å². The van der Waals surface area contributed by atoms with E-state index in [-0.39, 0.29) is 24.5 Å². The Hall–Kier alpha value is -2.04. The lowest BCUT2D eigenvalue weighted by Crippen LogP contribution is -2.18. The first-order valence-electron chi connectivity index (χ1n) is 4.87. The maximum atomic E-state index is 11.3. The minimum Gasteiger partial charge on any atom is -0.506 e. The Morgan fingerprint density at radius 2 is 2.06 bits per heavy atom. The molecule has 2 N–H and O–H groups in total. The van der Waals surface area contributed by atoms with Crippen molar-refractivity contribution in [1.82, 2.24) is 0 Å². The molecule has 0 atom stereocenters. The fourth-order valence-electron chi connectivity index (χ4n) is 1.12. The molecule has 0 aromatic heterocycles. The van der Waals surface area contributed by atoms with Crippen molar-refractivity contribution in [3.05, 3.63) is 24.3 Å². The van der Waals surface area contributed by atoms with E-state index in [0.717, 1.165) is 0 Å². The van der Waals surface area contributed by atoms with E-state index in [1.165, 1.54) is 6.07 Å². The van der Waals surface area contributed by atoms with Gasteiger partial charge in [0.05, 0.1) is 12.3 Å². The van der Waals surface area contributed by atoms with Crippen molar-refractivity contribution in [3.8, 4) is 5.75 Å². The van der Waals surface area contributed by atoms with Gasteiger partial charge in [-0.05, 0) is 19.1 Å². The zero-order valence-electron chi connectivity index (χ0n) is 8.90. The molecule has 0 fully saturated rings. The van der Waals surface area contributed by atoms with Crippen molar-refractivity contribution in [1.29, 1.82) is 0 Å². The van der Waals surface area contributed by atoms with E-state index < -0.39 is 11.9 Å². The number of amides is 1. The second kappa shape index (κ2) is 5.75. The second-order valence-corrected chi connectivity index (χ2v) is 3.05. The molecule has 0 spiro atoms. The Kier molecular flexibility index (Phi) is 4.32. The average molecular weight is 223 g/mol. The van der Waals surface area contributed by atoms with Crippen LogP contribution in [-0.4, -0.2) is 23.6 Å². The number of esters is 1. The fourth-order valence-corrected chi connectivity index (χ4v) is 1.12. The number of nitrogens with one attached hydrogen (secondary N) is 1. The molecule has 86 valence electrons. The normalized spacial score (nSPS) is 9.56. The largest absolute Gasteiger partial charge is 0.506 e. The summed E-state index contributed by atoms with van der Waals surface area (Å²) >= 11 is 0. The van der Waals surface area contributed by atoms with Crippen molar-refractivity contribution in [3.63, 3.8) is 0 Å². The van der Waals surface area contributed by atoms with Gasteiger partial charge < -0.3 is 15.2 Å². The SMILES string of the molecule is CCOC(=O)CC(=O)Nc1ccccc1O. The van der Waals surface area contributed by atoms with Gasteiger partial charge in [-0.1, -0.05) is 12.1 Å². The summed E-state index contributed by atoms with van der Waals surface area (Å²) in [7, 11) is 0. The van der Waals surface area contributed by atoms with Crippen LogP contribution in [0, 0.1) is 0 Å².